The minimum absolute atomic E-state index is 0. The molecular formula is C17H25N2OPRuY+2. The Morgan fingerprint density at radius 1 is 1.13 bits per heavy atom. The van der Waals surface area contributed by atoms with Crippen LogP contribution in [0.1, 0.15) is 11.3 Å². The van der Waals surface area contributed by atoms with Crippen LogP contribution in [0.4, 0.5) is 0 Å². The van der Waals surface area contributed by atoms with Gasteiger partial charge >= 0.3 is 30.8 Å². The van der Waals surface area contributed by atoms with Crippen LogP contribution in [0.5, 0.6) is 0 Å². The van der Waals surface area contributed by atoms with Gasteiger partial charge in [0.05, 0.1) is 11.7 Å². The maximum absolute atomic E-state index is 7.50. The number of rotatable bonds is 5. The third-order valence-electron chi connectivity index (χ3n) is 3.23. The normalized spacial score (nSPS) is 9.74. The molecule has 0 unspecified atom stereocenters. The Morgan fingerprint density at radius 3 is 2.35 bits per heavy atom. The zero-order valence-corrected chi connectivity index (χ0v) is 20.0. The molecule has 0 aliphatic rings. The first-order valence-electron chi connectivity index (χ1n) is 7.08. The maximum Gasteiger partial charge on any atom is 0 e. The van der Waals surface area contributed by atoms with Gasteiger partial charge < -0.3 is 4.90 Å². The summed E-state index contributed by atoms with van der Waals surface area (Å²) in [6.45, 7) is 10.2. The topological polar surface area (TPSA) is 36.0 Å². The van der Waals surface area contributed by atoms with E-state index in [0.29, 0.717) is 0 Å². The van der Waals surface area contributed by atoms with Crippen molar-refractivity contribution in [1.29, 1.82) is 0 Å². The van der Waals surface area contributed by atoms with E-state index in [0.717, 1.165) is 13.0 Å². The van der Waals surface area contributed by atoms with Gasteiger partial charge in [-0.3, -0.25) is 4.98 Å². The van der Waals surface area contributed by atoms with Crippen LogP contribution >= 0.6 is 7.92 Å². The number of aromatic nitrogens is 1. The molecule has 23 heavy (non-hydrogen) atoms. The first-order chi connectivity index (χ1) is 10.1. The fraction of sp³-hybridized carbons (Fsp3) is 0.412. The summed E-state index contributed by atoms with van der Waals surface area (Å²) < 4.78 is 7.50. The number of para-hydroxylation sites is 1. The van der Waals surface area contributed by atoms with Gasteiger partial charge in [-0.25, -0.2) is 0 Å². The number of fused-ring (bicyclic) bond motifs is 1. The molecule has 0 bridgehead atoms. The molecule has 6 heteroatoms. The van der Waals surface area contributed by atoms with E-state index >= 15 is 0 Å². The molecule has 1 aromatic heterocycles. The van der Waals surface area contributed by atoms with Crippen LogP contribution in [0.2, 0.25) is 0 Å². The molecule has 0 saturated carbocycles. The van der Waals surface area contributed by atoms with Gasteiger partial charge in [-0.1, -0.05) is 24.3 Å². The van der Waals surface area contributed by atoms with Crippen molar-refractivity contribution in [3.05, 3.63) is 48.2 Å². The Labute approximate surface area is 179 Å². The number of pyridine rings is 1. The molecule has 1 aromatic carbocycles. The van der Waals surface area contributed by atoms with Gasteiger partial charge in [0.25, 0.3) is 0 Å². The second-order valence-electron chi connectivity index (χ2n) is 5.74. The average molecular weight is 494 g/mol. The molecule has 2 radical (unpaired) electrons. The molecule has 2 rings (SSSR count). The van der Waals surface area contributed by atoms with E-state index in [4.69, 9.17) is 9.64 Å². The van der Waals surface area contributed by atoms with Gasteiger partial charge in [-0.15, -0.1) is 0 Å². The SMILES string of the molecule is CN(C)Cc1cccc2ccc(CC[PH+](C)C)nc12.[C-]#[O+].[RuH+].[Y]. The van der Waals surface area contributed by atoms with Gasteiger partial charge in [0.1, 0.15) is 0 Å². The summed E-state index contributed by atoms with van der Waals surface area (Å²) in [5.74, 6) is 0. The molecule has 0 aliphatic heterocycles. The van der Waals surface area contributed by atoms with E-state index in [-0.39, 0.29) is 60.1 Å². The maximum atomic E-state index is 7.50. The summed E-state index contributed by atoms with van der Waals surface area (Å²) in [4.78, 5) is 7.09. The van der Waals surface area contributed by atoms with Crippen LogP contribution in [0.15, 0.2) is 30.3 Å². The van der Waals surface area contributed by atoms with Crippen molar-refractivity contribution in [1.82, 2.24) is 9.88 Å². The van der Waals surface area contributed by atoms with E-state index < -0.39 is 0 Å². The fourth-order valence-electron chi connectivity index (χ4n) is 2.23. The van der Waals surface area contributed by atoms with Gasteiger partial charge in [-0.05, 0) is 33.6 Å². The molecule has 0 aliphatic carbocycles. The zero-order valence-electron chi connectivity index (χ0n) is 14.3. The van der Waals surface area contributed by atoms with E-state index in [1.165, 1.54) is 28.3 Å². The molecule has 0 N–H and O–H groups in total. The van der Waals surface area contributed by atoms with Crippen LogP contribution in [0.3, 0.4) is 0 Å². The van der Waals surface area contributed by atoms with Gasteiger partial charge in [-0.2, -0.15) is 0 Å². The van der Waals surface area contributed by atoms with Crippen molar-refractivity contribution in [2.45, 2.75) is 13.0 Å². The average Bonchev–Trinajstić information content (AvgIpc) is 2.47. The summed E-state index contributed by atoms with van der Waals surface area (Å²) in [5.41, 5.74) is 3.74. The fourth-order valence-corrected chi connectivity index (χ4v) is 2.99. The monoisotopic (exact) mass is 495 g/mol. The van der Waals surface area contributed by atoms with Crippen LogP contribution in [-0.4, -0.2) is 43.5 Å². The van der Waals surface area contributed by atoms with E-state index in [1.807, 2.05) is 0 Å². The molecule has 3 nitrogen and oxygen atoms in total. The number of hydrogen-bond acceptors (Lipinski definition) is 2. The van der Waals surface area contributed by atoms with E-state index in [9.17, 15) is 0 Å². The third kappa shape index (κ3) is 8.94. The van der Waals surface area contributed by atoms with Crippen molar-refractivity contribution >= 4 is 18.8 Å². The Morgan fingerprint density at radius 2 is 1.78 bits per heavy atom. The van der Waals surface area contributed by atoms with Gasteiger partial charge in [0.2, 0.25) is 0 Å². The van der Waals surface area contributed by atoms with Crippen molar-refractivity contribution < 1.29 is 56.8 Å². The molecule has 0 spiro atoms. The van der Waals surface area contributed by atoms with Crippen LogP contribution in [-0.2, 0) is 69.8 Å². The van der Waals surface area contributed by atoms with Crippen LogP contribution in [0, 0.1) is 6.65 Å². The Hall–Kier alpha value is 0.487. The summed E-state index contributed by atoms with van der Waals surface area (Å²) >= 11 is 0. The largest absolute Gasteiger partial charge is 0 e. The molecular weight excluding hydrogens is 469 g/mol. The van der Waals surface area contributed by atoms with Crippen molar-refractivity contribution in [3.8, 4) is 0 Å². The molecule has 0 fully saturated rings. The molecule has 123 valence electrons. The first kappa shape index (κ1) is 25.7. The standard InChI is InChI=1S/C16H23N2P.CO.Ru.Y.H/c1-18(2)12-14-7-5-6-13-8-9-15(17-16(13)14)10-11-19(3)4;1-2;;;/h5-9H,10-12H2,1-4H3;;;;/q;;+1;;/p+1. The third-order valence-corrected chi connectivity index (χ3v) is 4.48. The van der Waals surface area contributed by atoms with Crippen molar-refractivity contribution in [3.63, 3.8) is 0 Å². The van der Waals surface area contributed by atoms with Crippen molar-refractivity contribution in [2.24, 2.45) is 0 Å². The number of hydrogen-bond donors (Lipinski definition) is 0. The minimum Gasteiger partial charge on any atom is 0 e. The quantitative estimate of drug-likeness (QED) is 0.278. The molecule has 2 aromatic rings. The Balaban J connectivity index is 0. The van der Waals surface area contributed by atoms with E-state index in [1.54, 1.807) is 0 Å². The number of aryl methyl sites for hydroxylation is 1. The van der Waals surface area contributed by atoms with E-state index in [2.05, 4.69) is 69.3 Å². The predicted octanol–water partition coefficient (Wildman–Crippen LogP) is 3.00. The Kier molecular flexibility index (Phi) is 15.4. The molecule has 1 heterocycles. The summed E-state index contributed by atoms with van der Waals surface area (Å²) in [7, 11) is 4.04. The molecule has 0 amide bonds. The zero-order chi connectivity index (χ0) is 15.8. The Bertz CT molecular complexity index is 605. The summed E-state index contributed by atoms with van der Waals surface area (Å²) in [5, 5.41) is 1.25. The minimum atomic E-state index is -0.162. The number of nitrogens with zero attached hydrogens (tertiary/aromatic N) is 2. The predicted molar refractivity (Wildman–Crippen MR) is 93.2 cm³/mol. The van der Waals surface area contributed by atoms with Crippen molar-refractivity contribution in [2.75, 3.05) is 33.6 Å². The van der Waals surface area contributed by atoms with Crippen LogP contribution in [0.25, 0.3) is 10.9 Å². The van der Waals surface area contributed by atoms with Gasteiger partial charge in [0.15, 0.2) is 0 Å². The van der Waals surface area contributed by atoms with Gasteiger partial charge in [0, 0.05) is 70.1 Å². The molecule has 0 atom stereocenters. The summed E-state index contributed by atoms with van der Waals surface area (Å²) in [6.07, 6.45) is 2.42. The number of benzene rings is 1. The summed E-state index contributed by atoms with van der Waals surface area (Å²) in [6, 6.07) is 10.9. The smallest absolute Gasteiger partial charge is 0 e. The second kappa shape index (κ2) is 13.7. The first-order valence-corrected chi connectivity index (χ1v) is 9.78. The van der Waals surface area contributed by atoms with Crippen LogP contribution < -0.4 is 0 Å². The molecule has 0 saturated heterocycles. The second-order valence-corrected chi connectivity index (χ2v) is 8.65.